The first-order valence-corrected chi connectivity index (χ1v) is 7.78. The molecule has 7 heteroatoms. The molecular formula is C16H21N5O2. The molecule has 0 bridgehead atoms. The Kier molecular flexibility index (Phi) is 4.38. The van der Waals surface area contributed by atoms with Crippen molar-refractivity contribution in [2.24, 2.45) is 7.05 Å². The number of rotatable bonds is 4. The molecule has 1 unspecified atom stereocenters. The maximum atomic E-state index is 11.9. The van der Waals surface area contributed by atoms with Gasteiger partial charge in [0.2, 0.25) is 0 Å². The number of nitrogens with one attached hydrogen (secondary N) is 1. The second kappa shape index (κ2) is 6.45. The van der Waals surface area contributed by atoms with Gasteiger partial charge in [0, 0.05) is 44.4 Å². The van der Waals surface area contributed by atoms with E-state index in [0.29, 0.717) is 18.1 Å². The zero-order valence-electron chi connectivity index (χ0n) is 13.5. The van der Waals surface area contributed by atoms with Gasteiger partial charge in [0.05, 0.1) is 6.33 Å². The zero-order valence-corrected chi connectivity index (χ0v) is 13.5. The number of hydrogen-bond donors (Lipinski definition) is 1. The van der Waals surface area contributed by atoms with E-state index in [0.717, 1.165) is 31.4 Å². The van der Waals surface area contributed by atoms with Gasteiger partial charge in [-0.2, -0.15) is 0 Å². The molecule has 1 aliphatic rings. The highest BCUT2D eigenvalue weighted by Crippen LogP contribution is 2.32. The number of imidazole rings is 1. The van der Waals surface area contributed by atoms with E-state index in [9.17, 15) is 4.79 Å². The Bertz CT molecular complexity index is 674. The SMILES string of the molecule is Cn1cnc(C(=O)NCc2cnc(C3(C)CCCCO3)nc2)c1. The summed E-state index contributed by atoms with van der Waals surface area (Å²) in [6.45, 7) is 3.15. The minimum Gasteiger partial charge on any atom is -0.367 e. The molecule has 0 aromatic carbocycles. The van der Waals surface area contributed by atoms with Crippen LogP contribution in [-0.2, 0) is 23.9 Å². The molecule has 3 rings (SSSR count). The van der Waals surface area contributed by atoms with Crippen LogP contribution in [0.3, 0.4) is 0 Å². The predicted molar refractivity (Wildman–Crippen MR) is 83.6 cm³/mol. The van der Waals surface area contributed by atoms with E-state index in [-0.39, 0.29) is 5.91 Å². The largest absolute Gasteiger partial charge is 0.367 e. The summed E-state index contributed by atoms with van der Waals surface area (Å²) in [5.74, 6) is 0.495. The van der Waals surface area contributed by atoms with Gasteiger partial charge in [-0.05, 0) is 26.2 Å². The molecule has 122 valence electrons. The molecular weight excluding hydrogens is 294 g/mol. The predicted octanol–water partition coefficient (Wildman–Crippen LogP) is 1.56. The van der Waals surface area contributed by atoms with Crippen molar-refractivity contribution in [1.82, 2.24) is 24.8 Å². The first kappa shape index (κ1) is 15.6. The van der Waals surface area contributed by atoms with E-state index in [4.69, 9.17) is 4.74 Å². The quantitative estimate of drug-likeness (QED) is 0.926. The highest BCUT2D eigenvalue weighted by molar-refractivity contribution is 5.91. The summed E-state index contributed by atoms with van der Waals surface area (Å²) in [6.07, 6.45) is 9.90. The monoisotopic (exact) mass is 315 g/mol. The zero-order chi connectivity index (χ0) is 16.3. The van der Waals surface area contributed by atoms with Gasteiger partial charge in [-0.3, -0.25) is 4.79 Å². The molecule has 1 fully saturated rings. The summed E-state index contributed by atoms with van der Waals surface area (Å²) >= 11 is 0. The summed E-state index contributed by atoms with van der Waals surface area (Å²) in [5.41, 5.74) is 0.846. The third-order valence-electron chi connectivity index (χ3n) is 4.04. The van der Waals surface area contributed by atoms with Gasteiger partial charge in [-0.15, -0.1) is 0 Å². The van der Waals surface area contributed by atoms with Gasteiger partial charge in [0.15, 0.2) is 5.82 Å². The highest BCUT2D eigenvalue weighted by atomic mass is 16.5. The topological polar surface area (TPSA) is 81.9 Å². The van der Waals surface area contributed by atoms with Crippen LogP contribution in [0.1, 0.15) is 48.1 Å². The third kappa shape index (κ3) is 3.56. The van der Waals surface area contributed by atoms with Gasteiger partial charge in [-0.25, -0.2) is 15.0 Å². The summed E-state index contributed by atoms with van der Waals surface area (Å²) in [5, 5.41) is 2.81. The van der Waals surface area contributed by atoms with Gasteiger partial charge in [-0.1, -0.05) is 0 Å². The maximum Gasteiger partial charge on any atom is 0.271 e. The van der Waals surface area contributed by atoms with Crippen molar-refractivity contribution in [3.8, 4) is 0 Å². The van der Waals surface area contributed by atoms with Crippen LogP contribution in [-0.4, -0.2) is 32.0 Å². The number of nitrogens with zero attached hydrogens (tertiary/aromatic N) is 4. The van der Waals surface area contributed by atoms with Crippen molar-refractivity contribution in [3.05, 3.63) is 42.0 Å². The van der Waals surface area contributed by atoms with Crippen LogP contribution in [0.4, 0.5) is 0 Å². The molecule has 1 amide bonds. The van der Waals surface area contributed by atoms with Crippen molar-refractivity contribution in [2.45, 2.75) is 38.3 Å². The van der Waals surface area contributed by atoms with Crippen molar-refractivity contribution in [3.63, 3.8) is 0 Å². The standard InChI is InChI=1S/C16H21N5O2/c1-16(5-3-4-6-23-16)15-18-8-12(9-19-15)7-17-14(22)13-10-21(2)11-20-13/h8-11H,3-7H2,1-2H3,(H,17,22). The second-order valence-electron chi connectivity index (χ2n) is 6.06. The number of carbonyl (C=O) groups excluding carboxylic acids is 1. The second-order valence-corrected chi connectivity index (χ2v) is 6.06. The molecule has 7 nitrogen and oxygen atoms in total. The third-order valence-corrected chi connectivity index (χ3v) is 4.04. The van der Waals surface area contributed by atoms with Crippen LogP contribution in [0.2, 0.25) is 0 Å². The average molecular weight is 315 g/mol. The average Bonchev–Trinajstić information content (AvgIpc) is 3.00. The maximum absolute atomic E-state index is 11.9. The lowest BCUT2D eigenvalue weighted by molar-refractivity contribution is -0.0760. The number of hydrogen-bond acceptors (Lipinski definition) is 5. The van der Waals surface area contributed by atoms with Crippen molar-refractivity contribution in [1.29, 1.82) is 0 Å². The first-order chi connectivity index (χ1) is 11.1. The Morgan fingerprint density at radius 2 is 2.13 bits per heavy atom. The Morgan fingerprint density at radius 3 is 2.74 bits per heavy atom. The molecule has 0 spiro atoms. The number of amides is 1. The Morgan fingerprint density at radius 1 is 1.35 bits per heavy atom. The molecule has 1 saturated heterocycles. The van der Waals surface area contributed by atoms with Gasteiger partial charge in [0.1, 0.15) is 11.3 Å². The van der Waals surface area contributed by atoms with Gasteiger partial charge < -0.3 is 14.6 Å². The minimum absolute atomic E-state index is 0.211. The Hall–Kier alpha value is -2.28. The molecule has 2 aromatic rings. The molecule has 1 N–H and O–H groups in total. The first-order valence-electron chi connectivity index (χ1n) is 7.78. The molecule has 0 saturated carbocycles. The number of carbonyl (C=O) groups is 1. The van der Waals surface area contributed by atoms with E-state index in [1.54, 1.807) is 29.5 Å². The van der Waals surface area contributed by atoms with E-state index < -0.39 is 5.60 Å². The fraction of sp³-hybridized carbons (Fsp3) is 0.500. The minimum atomic E-state index is -0.395. The van der Waals surface area contributed by atoms with E-state index in [2.05, 4.69) is 20.3 Å². The lowest BCUT2D eigenvalue weighted by Gasteiger charge is -2.32. The summed E-state index contributed by atoms with van der Waals surface area (Å²) in [7, 11) is 1.82. The van der Waals surface area contributed by atoms with E-state index in [1.165, 1.54) is 0 Å². The van der Waals surface area contributed by atoms with Crippen molar-refractivity contribution < 1.29 is 9.53 Å². The van der Waals surface area contributed by atoms with Crippen LogP contribution < -0.4 is 5.32 Å². The van der Waals surface area contributed by atoms with Crippen molar-refractivity contribution in [2.75, 3.05) is 6.61 Å². The van der Waals surface area contributed by atoms with E-state index >= 15 is 0 Å². The normalized spacial score (nSPS) is 21.1. The lowest BCUT2D eigenvalue weighted by Crippen LogP contribution is -2.32. The Labute approximate surface area is 135 Å². The fourth-order valence-corrected chi connectivity index (χ4v) is 2.63. The summed E-state index contributed by atoms with van der Waals surface area (Å²) in [6, 6.07) is 0. The lowest BCUT2D eigenvalue weighted by atomic mass is 9.95. The van der Waals surface area contributed by atoms with E-state index in [1.807, 2.05) is 14.0 Å². The molecule has 1 aliphatic heterocycles. The van der Waals surface area contributed by atoms with Crippen molar-refractivity contribution >= 4 is 5.91 Å². The van der Waals surface area contributed by atoms with Gasteiger partial charge in [0.25, 0.3) is 5.91 Å². The van der Waals surface area contributed by atoms with Crippen LogP contribution in [0.25, 0.3) is 0 Å². The van der Waals surface area contributed by atoms with Gasteiger partial charge >= 0.3 is 0 Å². The summed E-state index contributed by atoms with van der Waals surface area (Å²) < 4.78 is 7.58. The number of ether oxygens (including phenoxy) is 1. The molecule has 0 aliphatic carbocycles. The Balaban J connectivity index is 1.60. The molecule has 3 heterocycles. The fourth-order valence-electron chi connectivity index (χ4n) is 2.63. The molecule has 2 aromatic heterocycles. The van der Waals surface area contributed by atoms with Crippen LogP contribution in [0.15, 0.2) is 24.9 Å². The number of aromatic nitrogens is 4. The number of aryl methyl sites for hydroxylation is 1. The molecule has 1 atom stereocenters. The molecule has 0 radical (unpaired) electrons. The smallest absolute Gasteiger partial charge is 0.271 e. The van der Waals surface area contributed by atoms with Crippen LogP contribution in [0.5, 0.6) is 0 Å². The molecule has 23 heavy (non-hydrogen) atoms. The van der Waals surface area contributed by atoms with Crippen LogP contribution in [0, 0.1) is 0 Å². The van der Waals surface area contributed by atoms with Crippen LogP contribution >= 0.6 is 0 Å². The summed E-state index contributed by atoms with van der Waals surface area (Å²) in [4.78, 5) is 24.8. The highest BCUT2D eigenvalue weighted by Gasteiger charge is 2.32.